The average molecular weight is 506 g/mol. The number of nitrogens with zero attached hydrogens (tertiary/aromatic N) is 1. The van der Waals surface area contributed by atoms with E-state index in [0.717, 1.165) is 5.56 Å². The van der Waals surface area contributed by atoms with Crippen molar-refractivity contribution in [2.24, 2.45) is 0 Å². The van der Waals surface area contributed by atoms with Crippen LogP contribution in [0.25, 0.3) is 11.0 Å². The summed E-state index contributed by atoms with van der Waals surface area (Å²) in [6, 6.07) is 18.9. The van der Waals surface area contributed by atoms with E-state index >= 15 is 0 Å². The molecule has 0 saturated heterocycles. The van der Waals surface area contributed by atoms with E-state index in [9.17, 15) is 19.1 Å². The van der Waals surface area contributed by atoms with Gasteiger partial charge in [0.2, 0.25) is 5.78 Å². The summed E-state index contributed by atoms with van der Waals surface area (Å²) in [6.45, 7) is 0.203. The van der Waals surface area contributed by atoms with E-state index in [1.165, 1.54) is 30.2 Å². The average Bonchev–Trinajstić information content (AvgIpc) is 3.42. The summed E-state index contributed by atoms with van der Waals surface area (Å²) in [4.78, 5) is 28.3. The fourth-order valence-corrected chi connectivity index (χ4v) is 4.70. The molecule has 1 aliphatic rings. The number of rotatable bonds is 7. The van der Waals surface area contributed by atoms with E-state index in [1.54, 1.807) is 48.5 Å². The molecule has 6 nitrogen and oxygen atoms in total. The predicted octanol–water partition coefficient (Wildman–Crippen LogP) is 6.05. The lowest BCUT2D eigenvalue weighted by molar-refractivity contribution is -0.129. The Morgan fingerprint density at radius 3 is 2.53 bits per heavy atom. The summed E-state index contributed by atoms with van der Waals surface area (Å²) in [5.74, 6) is -1.95. The minimum Gasteiger partial charge on any atom is -0.503 e. The van der Waals surface area contributed by atoms with Crippen LogP contribution in [0.2, 0.25) is 5.02 Å². The highest BCUT2D eigenvalue weighted by Gasteiger charge is 2.44. The molecule has 8 heteroatoms. The second-order valence-corrected chi connectivity index (χ2v) is 8.85. The molecule has 1 unspecified atom stereocenters. The van der Waals surface area contributed by atoms with Crippen LogP contribution in [0.5, 0.6) is 5.75 Å². The molecule has 5 rings (SSSR count). The Morgan fingerprint density at radius 1 is 1.11 bits per heavy atom. The van der Waals surface area contributed by atoms with Gasteiger partial charge in [0.1, 0.15) is 5.82 Å². The van der Waals surface area contributed by atoms with Gasteiger partial charge in [-0.2, -0.15) is 0 Å². The van der Waals surface area contributed by atoms with Gasteiger partial charge in [-0.3, -0.25) is 9.59 Å². The van der Waals surface area contributed by atoms with Crippen molar-refractivity contribution >= 4 is 34.3 Å². The number of aliphatic hydroxyl groups is 1. The van der Waals surface area contributed by atoms with Gasteiger partial charge in [0.25, 0.3) is 5.91 Å². The number of carbonyl (C=O) groups is 2. The maximum absolute atomic E-state index is 13.7. The van der Waals surface area contributed by atoms with E-state index in [0.29, 0.717) is 33.7 Å². The molecule has 1 aliphatic heterocycles. The molecule has 0 radical (unpaired) electrons. The second kappa shape index (κ2) is 9.51. The normalized spacial score (nSPS) is 15.7. The lowest BCUT2D eigenvalue weighted by atomic mass is 9.95. The highest BCUT2D eigenvalue weighted by Crippen LogP contribution is 2.40. The van der Waals surface area contributed by atoms with Gasteiger partial charge < -0.3 is 19.2 Å². The summed E-state index contributed by atoms with van der Waals surface area (Å²) in [7, 11) is 1.46. The van der Waals surface area contributed by atoms with E-state index in [2.05, 4.69) is 0 Å². The van der Waals surface area contributed by atoms with E-state index in [4.69, 9.17) is 20.8 Å². The third kappa shape index (κ3) is 4.22. The van der Waals surface area contributed by atoms with Gasteiger partial charge in [-0.15, -0.1) is 0 Å². The smallest absolute Gasteiger partial charge is 0.290 e. The number of Topliss-reactive ketones (excluding diaryl/α,β-unsaturated/α-hetero) is 1. The van der Waals surface area contributed by atoms with Crippen LogP contribution in [-0.4, -0.2) is 35.4 Å². The molecule has 182 valence electrons. The minimum atomic E-state index is -0.828. The van der Waals surface area contributed by atoms with Crippen molar-refractivity contribution in [3.05, 3.63) is 112 Å². The lowest BCUT2D eigenvalue weighted by Crippen LogP contribution is -2.33. The van der Waals surface area contributed by atoms with Crippen LogP contribution in [0.1, 0.15) is 27.7 Å². The summed E-state index contributed by atoms with van der Waals surface area (Å²) in [5.41, 5.74) is 1.74. The molecule has 0 saturated carbocycles. The lowest BCUT2D eigenvalue weighted by Gasteiger charge is -2.26. The molecule has 36 heavy (non-hydrogen) atoms. The van der Waals surface area contributed by atoms with Crippen molar-refractivity contribution < 1.29 is 28.2 Å². The summed E-state index contributed by atoms with van der Waals surface area (Å²) < 4.78 is 24.4. The highest BCUT2D eigenvalue weighted by atomic mass is 35.5. The molecule has 2 heterocycles. The Hall–Kier alpha value is -4.10. The van der Waals surface area contributed by atoms with Gasteiger partial charge in [0, 0.05) is 23.0 Å². The zero-order valence-electron chi connectivity index (χ0n) is 19.2. The molecule has 0 bridgehead atoms. The monoisotopic (exact) mass is 505 g/mol. The molecule has 0 fully saturated rings. The number of hydrogen-bond acceptors (Lipinski definition) is 5. The van der Waals surface area contributed by atoms with Crippen LogP contribution in [0.3, 0.4) is 0 Å². The van der Waals surface area contributed by atoms with Gasteiger partial charge in [-0.05, 0) is 41.8 Å². The summed E-state index contributed by atoms with van der Waals surface area (Å²) >= 11 is 6.15. The third-order valence-electron chi connectivity index (χ3n) is 6.21. The fourth-order valence-electron chi connectivity index (χ4n) is 4.48. The standard InChI is InChI=1S/C28H21ClFNO5/c1-35-22-15-19(29)13-18-14-21(36-27(18)22)25(32)23-24(17-5-3-2-4-6-17)31(28(34)26(23)33)12-11-16-7-9-20(30)10-8-16/h2-10,13-15,24,33H,11-12H2,1H3. The number of furan rings is 1. The number of hydrogen-bond donors (Lipinski definition) is 1. The first-order valence-corrected chi connectivity index (χ1v) is 11.6. The molecule has 1 aromatic heterocycles. The largest absolute Gasteiger partial charge is 0.503 e. The second-order valence-electron chi connectivity index (χ2n) is 8.42. The fraction of sp³-hybridized carbons (Fsp3) is 0.143. The zero-order valence-corrected chi connectivity index (χ0v) is 20.0. The zero-order chi connectivity index (χ0) is 25.4. The van der Waals surface area contributed by atoms with Gasteiger partial charge in [-0.1, -0.05) is 54.1 Å². The molecule has 1 N–H and O–H groups in total. The SMILES string of the molecule is COc1cc(Cl)cc2cc(C(=O)C3=C(O)C(=O)N(CCc4ccc(F)cc4)C3c3ccccc3)oc12. The molecular formula is C28H21ClFNO5. The molecule has 1 atom stereocenters. The Bertz CT molecular complexity index is 1490. The first-order valence-electron chi connectivity index (χ1n) is 11.2. The summed E-state index contributed by atoms with van der Waals surface area (Å²) in [6.07, 6.45) is 0.407. The Kier molecular flexibility index (Phi) is 6.24. The van der Waals surface area contributed by atoms with Crippen LogP contribution in [0, 0.1) is 5.82 Å². The molecule has 4 aromatic rings. The number of ketones is 1. The van der Waals surface area contributed by atoms with Crippen molar-refractivity contribution in [1.29, 1.82) is 0 Å². The Morgan fingerprint density at radius 2 is 1.83 bits per heavy atom. The van der Waals surface area contributed by atoms with Crippen molar-refractivity contribution in [3.63, 3.8) is 0 Å². The number of methoxy groups -OCH3 is 1. The maximum Gasteiger partial charge on any atom is 0.290 e. The van der Waals surface area contributed by atoms with Crippen molar-refractivity contribution in [3.8, 4) is 5.75 Å². The van der Waals surface area contributed by atoms with Crippen molar-refractivity contribution in [2.45, 2.75) is 12.5 Å². The predicted molar refractivity (Wildman–Crippen MR) is 133 cm³/mol. The summed E-state index contributed by atoms with van der Waals surface area (Å²) in [5, 5.41) is 11.8. The van der Waals surface area contributed by atoms with E-state index < -0.39 is 23.5 Å². The van der Waals surface area contributed by atoms with Gasteiger partial charge in [-0.25, -0.2) is 4.39 Å². The van der Waals surface area contributed by atoms with Crippen LogP contribution >= 0.6 is 11.6 Å². The molecule has 0 aliphatic carbocycles. The first-order chi connectivity index (χ1) is 17.4. The quantitative estimate of drug-likeness (QED) is 0.309. The topological polar surface area (TPSA) is 80.0 Å². The van der Waals surface area contributed by atoms with Crippen LogP contribution in [0.4, 0.5) is 4.39 Å². The molecular weight excluding hydrogens is 485 g/mol. The molecule has 1 amide bonds. The number of benzene rings is 3. The van der Waals surface area contributed by atoms with Gasteiger partial charge in [0.05, 0.1) is 18.7 Å². The van der Waals surface area contributed by atoms with Crippen molar-refractivity contribution in [1.82, 2.24) is 4.90 Å². The van der Waals surface area contributed by atoms with Crippen LogP contribution in [-0.2, 0) is 11.2 Å². The minimum absolute atomic E-state index is 0.0544. The van der Waals surface area contributed by atoms with Crippen molar-refractivity contribution in [2.75, 3.05) is 13.7 Å². The van der Waals surface area contributed by atoms with Gasteiger partial charge >= 0.3 is 0 Å². The number of ether oxygens (including phenoxy) is 1. The number of carbonyl (C=O) groups excluding carboxylic acids is 2. The van der Waals surface area contributed by atoms with E-state index in [1.807, 2.05) is 6.07 Å². The molecule has 3 aromatic carbocycles. The van der Waals surface area contributed by atoms with E-state index in [-0.39, 0.29) is 23.7 Å². The number of amides is 1. The van der Waals surface area contributed by atoms with Gasteiger partial charge in [0.15, 0.2) is 22.9 Å². The van der Waals surface area contributed by atoms with Crippen LogP contribution < -0.4 is 4.74 Å². The number of halogens is 2. The highest BCUT2D eigenvalue weighted by molar-refractivity contribution is 6.31. The Balaban J connectivity index is 1.53. The first kappa shape index (κ1) is 23.6. The molecule has 0 spiro atoms. The number of aliphatic hydroxyl groups excluding tert-OH is 1. The maximum atomic E-state index is 13.7. The Labute approximate surface area is 211 Å². The third-order valence-corrected chi connectivity index (χ3v) is 6.43. The van der Waals surface area contributed by atoms with Crippen LogP contribution in [0.15, 0.2) is 88.5 Å². The number of fused-ring (bicyclic) bond motifs is 1.